The molecular formula is C123H78N8. The molecule has 26 rings (SSSR count). The van der Waals surface area contributed by atoms with Crippen LogP contribution in [0.25, 0.3) is 223 Å². The molecular weight excluding hydrogens is 1590 g/mol. The summed E-state index contributed by atoms with van der Waals surface area (Å²) < 4.78 is 4.88. The van der Waals surface area contributed by atoms with E-state index in [0.717, 1.165) is 83.6 Å². The standard InChI is InChI=1S/C68H42N4.C55H36N4/c1-3-17-43(18-4-1)44-33-35-47(36-34-44)66-69-65(46-20-5-2-6-21-46)70-67(71-66)50-23-15-22-49(41-50)63-51-24-8-7-19-45(51)37-39-52(63)48-38-40-54-53-25-9-11-28-57(53)68(60(54)42-48)58-29-12-14-32-62(58)72-61-31-13-10-26-55(61)56-27-16-30-59(68)64(56)72;1-3-14-37(15-4-1)38-26-28-42(29-27-38)54-56-53(41-17-5-2-6-18-41)57-55(58-54)44-20-13-19-43(36-44)52-46-21-8-7-16-39(46)32-35-47(52)40-30-33-45(34-31-40)59-50-24-11-9-22-48(50)49-23-10-12-25-51(49)59/h1-42H;1-36H. The van der Waals surface area contributed by atoms with E-state index >= 15 is 0 Å². The van der Waals surface area contributed by atoms with E-state index in [-0.39, 0.29) is 0 Å². The average molecular weight is 1670 g/mol. The lowest BCUT2D eigenvalue weighted by Crippen LogP contribution is -2.33. The summed E-state index contributed by atoms with van der Waals surface area (Å²) in [6, 6.07) is 170. The summed E-state index contributed by atoms with van der Waals surface area (Å²) in [7, 11) is 0. The Kier molecular flexibility index (Phi) is 18.3. The number of para-hydroxylation sites is 5. The highest BCUT2D eigenvalue weighted by molar-refractivity contribution is 6.14. The molecule has 20 aromatic carbocycles. The minimum Gasteiger partial charge on any atom is -0.309 e. The van der Waals surface area contributed by atoms with E-state index in [1.807, 2.05) is 60.7 Å². The first-order valence-corrected chi connectivity index (χ1v) is 44.6. The lowest BCUT2D eigenvalue weighted by atomic mass is 9.65. The Labute approximate surface area is 757 Å². The normalized spacial score (nSPS) is 12.9. The van der Waals surface area contributed by atoms with Gasteiger partial charge in [0.2, 0.25) is 0 Å². The molecule has 0 bridgehead atoms. The molecule has 0 N–H and O–H groups in total. The van der Waals surface area contributed by atoms with Crippen LogP contribution in [0.4, 0.5) is 0 Å². The van der Waals surface area contributed by atoms with Crippen molar-refractivity contribution in [2.45, 2.75) is 5.41 Å². The van der Waals surface area contributed by atoms with Gasteiger partial charge in [-0.05, 0) is 176 Å². The molecule has 610 valence electrons. The monoisotopic (exact) mass is 1670 g/mol. The van der Waals surface area contributed by atoms with Crippen molar-refractivity contribution in [1.29, 1.82) is 0 Å². The zero-order valence-corrected chi connectivity index (χ0v) is 71.1. The number of benzene rings is 20. The molecule has 1 aliphatic carbocycles. The quantitative estimate of drug-likeness (QED) is 0.114. The lowest BCUT2D eigenvalue weighted by molar-refractivity contribution is 0.749. The first kappa shape index (κ1) is 76.0. The minimum absolute atomic E-state index is 0.561. The van der Waals surface area contributed by atoms with Gasteiger partial charge in [-0.2, -0.15) is 0 Å². The largest absolute Gasteiger partial charge is 0.309 e. The Bertz CT molecular complexity index is 8570. The highest BCUT2D eigenvalue weighted by Crippen LogP contribution is 2.62. The molecule has 131 heavy (non-hydrogen) atoms. The van der Waals surface area contributed by atoms with E-state index in [9.17, 15) is 0 Å². The second-order valence-corrected chi connectivity index (χ2v) is 33.9. The molecule has 1 spiro atoms. The number of rotatable bonds is 13. The molecule has 0 fully saturated rings. The number of nitrogens with zero attached hydrogens (tertiary/aromatic N) is 8. The smallest absolute Gasteiger partial charge is 0.164 e. The predicted octanol–water partition coefficient (Wildman–Crippen LogP) is 30.9. The summed E-state index contributed by atoms with van der Waals surface area (Å²) in [6.45, 7) is 0. The first-order chi connectivity index (χ1) is 64.9. The Balaban J connectivity index is 0.000000144. The van der Waals surface area contributed by atoms with Crippen molar-refractivity contribution < 1.29 is 0 Å². The predicted molar refractivity (Wildman–Crippen MR) is 539 cm³/mol. The molecule has 1 unspecified atom stereocenters. The molecule has 0 radical (unpaired) electrons. The molecule has 1 aliphatic heterocycles. The Morgan fingerprint density at radius 2 is 0.489 bits per heavy atom. The van der Waals surface area contributed by atoms with Crippen LogP contribution in [0.3, 0.4) is 0 Å². The number of fused-ring (bicyclic) bond motifs is 17. The van der Waals surface area contributed by atoms with Crippen LogP contribution >= 0.6 is 0 Å². The van der Waals surface area contributed by atoms with E-state index in [2.05, 4.69) is 422 Å². The van der Waals surface area contributed by atoms with Crippen molar-refractivity contribution in [3.63, 3.8) is 0 Å². The van der Waals surface area contributed by atoms with Crippen molar-refractivity contribution in [2.24, 2.45) is 0 Å². The molecule has 0 saturated heterocycles. The second kappa shape index (κ2) is 31.6. The van der Waals surface area contributed by atoms with Crippen molar-refractivity contribution in [2.75, 3.05) is 0 Å². The fraction of sp³-hybridized carbons (Fsp3) is 0.00813. The van der Waals surface area contributed by atoms with Crippen LogP contribution in [-0.4, -0.2) is 39.0 Å². The van der Waals surface area contributed by atoms with Crippen LogP contribution in [0.5, 0.6) is 0 Å². The number of hydrogen-bond donors (Lipinski definition) is 0. The number of aromatic nitrogens is 8. The van der Waals surface area contributed by atoms with Gasteiger partial charge >= 0.3 is 0 Å². The lowest BCUT2D eigenvalue weighted by Gasteiger charge is -2.39. The Morgan fingerprint density at radius 1 is 0.168 bits per heavy atom. The Hall–Kier alpha value is -17.5. The molecule has 0 saturated carbocycles. The summed E-state index contributed by atoms with van der Waals surface area (Å²) in [5.74, 6) is 3.77. The summed E-state index contributed by atoms with van der Waals surface area (Å²) in [5, 5.41) is 9.80. The number of hydrogen-bond acceptors (Lipinski definition) is 6. The van der Waals surface area contributed by atoms with Gasteiger partial charge in [0, 0.05) is 60.6 Å². The maximum absolute atomic E-state index is 5.23. The molecule has 2 aliphatic rings. The zero-order chi connectivity index (χ0) is 86.5. The van der Waals surface area contributed by atoms with E-state index in [4.69, 9.17) is 29.9 Å². The third-order valence-corrected chi connectivity index (χ3v) is 26.5. The van der Waals surface area contributed by atoms with E-state index in [1.54, 1.807) is 0 Å². The van der Waals surface area contributed by atoms with Crippen molar-refractivity contribution in [3.05, 3.63) is 495 Å². The van der Waals surface area contributed by atoms with Crippen LogP contribution in [0.15, 0.2) is 473 Å². The van der Waals surface area contributed by atoms with Crippen molar-refractivity contribution in [1.82, 2.24) is 39.0 Å². The van der Waals surface area contributed by atoms with Gasteiger partial charge in [-0.1, -0.05) is 419 Å². The maximum Gasteiger partial charge on any atom is 0.164 e. The van der Waals surface area contributed by atoms with Gasteiger partial charge in [-0.3, -0.25) is 0 Å². The van der Waals surface area contributed by atoms with Crippen LogP contribution in [0, 0.1) is 0 Å². The molecule has 24 aromatic rings. The Morgan fingerprint density at radius 3 is 1.00 bits per heavy atom. The van der Waals surface area contributed by atoms with Crippen LogP contribution in [-0.2, 0) is 5.41 Å². The van der Waals surface area contributed by atoms with Gasteiger partial charge in [0.1, 0.15) is 0 Å². The fourth-order valence-electron chi connectivity index (χ4n) is 20.6. The molecule has 8 heteroatoms. The average Bonchev–Trinajstić information content (AvgIpc) is 1.50. The molecule has 8 nitrogen and oxygen atoms in total. The van der Waals surface area contributed by atoms with Crippen LogP contribution < -0.4 is 0 Å². The topological polar surface area (TPSA) is 87.2 Å². The third-order valence-electron chi connectivity index (χ3n) is 26.5. The molecule has 5 heterocycles. The van der Waals surface area contributed by atoms with Crippen molar-refractivity contribution >= 4 is 65.2 Å². The van der Waals surface area contributed by atoms with Crippen LogP contribution in [0.2, 0.25) is 0 Å². The van der Waals surface area contributed by atoms with Gasteiger partial charge in [0.25, 0.3) is 0 Å². The summed E-state index contributed by atoms with van der Waals surface area (Å²) >= 11 is 0. The van der Waals surface area contributed by atoms with E-state index < -0.39 is 5.41 Å². The van der Waals surface area contributed by atoms with Gasteiger partial charge in [0.05, 0.1) is 33.2 Å². The summed E-state index contributed by atoms with van der Waals surface area (Å²) in [5.41, 5.74) is 33.8. The minimum atomic E-state index is -0.561. The van der Waals surface area contributed by atoms with Crippen LogP contribution in [0.1, 0.15) is 22.3 Å². The fourth-order valence-corrected chi connectivity index (χ4v) is 20.6. The van der Waals surface area contributed by atoms with E-state index in [0.29, 0.717) is 34.9 Å². The highest BCUT2D eigenvalue weighted by atomic mass is 15.0. The van der Waals surface area contributed by atoms with E-state index in [1.165, 1.54) is 126 Å². The molecule has 4 aromatic heterocycles. The van der Waals surface area contributed by atoms with Gasteiger partial charge in [0.15, 0.2) is 34.9 Å². The van der Waals surface area contributed by atoms with Gasteiger partial charge in [-0.25, -0.2) is 29.9 Å². The maximum atomic E-state index is 5.23. The van der Waals surface area contributed by atoms with Gasteiger partial charge < -0.3 is 9.13 Å². The zero-order valence-electron chi connectivity index (χ0n) is 71.1. The third kappa shape index (κ3) is 12.9. The summed E-state index contributed by atoms with van der Waals surface area (Å²) in [4.78, 5) is 30.7. The SMILES string of the molecule is c1ccc(-c2ccc(-c3nc(-c4ccccc4)nc(-c4cccc(-c5c(-c6ccc(-n7c8ccccc8c8ccccc87)cc6)ccc6ccccc56)c4)n3)cc2)cc1.c1ccc(-c2ccc(-c3nc(-c4ccccc4)nc(-c4cccc(-c5c(-c6ccc7c(c6)C6(c8ccccc8-7)c7ccccc7-n7c8ccccc8c8cccc6c87)ccc6ccccc56)c4)n3)cc2)cc1. The van der Waals surface area contributed by atoms with Gasteiger partial charge in [-0.15, -0.1) is 0 Å². The molecule has 1 atom stereocenters. The summed E-state index contributed by atoms with van der Waals surface area (Å²) in [6.07, 6.45) is 0. The highest BCUT2D eigenvalue weighted by Gasteiger charge is 2.51. The van der Waals surface area contributed by atoms with Crippen molar-refractivity contribution in [3.8, 4) is 158 Å². The second-order valence-electron chi connectivity index (χ2n) is 33.9. The molecule has 0 amide bonds. The first-order valence-electron chi connectivity index (χ1n) is 44.6.